The van der Waals surface area contributed by atoms with E-state index in [0.29, 0.717) is 54.1 Å². The van der Waals surface area contributed by atoms with Crippen molar-refractivity contribution in [3.63, 3.8) is 0 Å². The molecule has 13 heteroatoms. The minimum absolute atomic E-state index is 0.192. The van der Waals surface area contributed by atoms with Gasteiger partial charge in [-0.15, -0.1) is 0 Å². The summed E-state index contributed by atoms with van der Waals surface area (Å²) in [7, 11) is 5.74. The van der Waals surface area contributed by atoms with Crippen LogP contribution < -0.4 is 28.4 Å². The molecule has 2 heterocycles. The minimum Gasteiger partial charge on any atom is -0.493 e. The standard InChI is InChI=1S/C41H46O13/c1-41(2)51-24-35(37(54-41)27-13-15-29(32(21-27)44-3)50-23-25-10-8-7-9-11-25)52-30-16-12-26(20-33(30)45-4)36(42)38(39(43)47-6)53-31-17-14-28(22-34(31)46-5)40-48-18-19-49-40/h7-17,20-22,35-38,40,42H,18-19,23-24H2,1-6H3/t35-,36+,37+,38-/m1/s1. The van der Waals surface area contributed by atoms with Gasteiger partial charge in [-0.25, -0.2) is 4.79 Å². The van der Waals surface area contributed by atoms with Gasteiger partial charge in [-0.2, -0.15) is 0 Å². The Morgan fingerprint density at radius 2 is 1.41 bits per heavy atom. The average Bonchev–Trinajstić information content (AvgIpc) is 3.75. The van der Waals surface area contributed by atoms with E-state index in [1.807, 2.05) is 62.4 Å². The van der Waals surface area contributed by atoms with Gasteiger partial charge in [-0.3, -0.25) is 0 Å². The Morgan fingerprint density at radius 3 is 2.11 bits per heavy atom. The molecule has 0 aliphatic carbocycles. The Bertz CT molecular complexity index is 1860. The van der Waals surface area contributed by atoms with E-state index in [2.05, 4.69) is 0 Å². The van der Waals surface area contributed by atoms with E-state index in [1.54, 1.807) is 43.5 Å². The SMILES string of the molecule is COC(=O)[C@H](Oc1ccc(C2OCCO2)cc1OC)[C@@H](O)c1ccc(O[C@@H]2COC(C)(C)O[C@H]2c2ccc(OCc3ccccc3)c(OC)c2)c(OC)c1. The van der Waals surface area contributed by atoms with Crippen LogP contribution in [0.1, 0.15) is 54.6 Å². The van der Waals surface area contributed by atoms with E-state index in [4.69, 9.17) is 52.1 Å². The molecule has 2 aliphatic rings. The Hall–Kier alpha value is -5.05. The largest absolute Gasteiger partial charge is 0.493 e. The molecule has 0 amide bonds. The zero-order valence-electron chi connectivity index (χ0n) is 31.1. The first kappa shape index (κ1) is 38.7. The molecule has 2 fully saturated rings. The van der Waals surface area contributed by atoms with Crippen molar-refractivity contribution in [2.45, 2.75) is 56.9 Å². The quantitative estimate of drug-likeness (QED) is 0.137. The minimum atomic E-state index is -1.48. The first-order valence-corrected chi connectivity index (χ1v) is 17.5. The van der Waals surface area contributed by atoms with Crippen molar-refractivity contribution in [1.29, 1.82) is 0 Å². The second-order valence-corrected chi connectivity index (χ2v) is 13.0. The van der Waals surface area contributed by atoms with Gasteiger partial charge in [0.05, 0.1) is 48.3 Å². The van der Waals surface area contributed by atoms with Crippen LogP contribution >= 0.6 is 0 Å². The van der Waals surface area contributed by atoms with Crippen molar-refractivity contribution in [2.75, 3.05) is 48.3 Å². The molecule has 0 aromatic heterocycles. The number of aliphatic hydroxyl groups is 1. The molecule has 2 saturated heterocycles. The molecule has 0 spiro atoms. The summed E-state index contributed by atoms with van der Waals surface area (Å²) in [5.74, 6) is 0.594. The molecule has 6 rings (SSSR count). The van der Waals surface area contributed by atoms with E-state index in [9.17, 15) is 9.90 Å². The topological polar surface area (TPSA) is 139 Å². The Morgan fingerprint density at radius 1 is 0.778 bits per heavy atom. The number of carbonyl (C=O) groups is 1. The van der Waals surface area contributed by atoms with Crippen LogP contribution in [-0.2, 0) is 35.1 Å². The number of aliphatic hydroxyl groups excluding tert-OH is 1. The average molecular weight is 747 g/mol. The van der Waals surface area contributed by atoms with Gasteiger partial charge in [0.15, 0.2) is 52.7 Å². The van der Waals surface area contributed by atoms with Gasteiger partial charge >= 0.3 is 5.97 Å². The summed E-state index contributed by atoms with van der Waals surface area (Å²) in [5, 5.41) is 11.5. The third-order valence-electron chi connectivity index (χ3n) is 8.96. The third-order valence-corrected chi connectivity index (χ3v) is 8.96. The fourth-order valence-corrected chi connectivity index (χ4v) is 6.16. The first-order chi connectivity index (χ1) is 26.1. The highest BCUT2D eigenvalue weighted by Crippen LogP contribution is 2.42. The van der Waals surface area contributed by atoms with E-state index < -0.39 is 42.5 Å². The van der Waals surface area contributed by atoms with E-state index in [0.717, 1.165) is 16.7 Å². The van der Waals surface area contributed by atoms with Crippen molar-refractivity contribution in [1.82, 2.24) is 0 Å². The monoisotopic (exact) mass is 746 g/mol. The molecule has 4 atom stereocenters. The summed E-state index contributed by atoms with van der Waals surface area (Å²) < 4.78 is 64.2. The number of esters is 1. The number of benzene rings is 4. The van der Waals surface area contributed by atoms with Gasteiger partial charge in [0.2, 0.25) is 6.10 Å². The predicted octanol–water partition coefficient (Wildman–Crippen LogP) is 6.26. The van der Waals surface area contributed by atoms with Gasteiger partial charge in [0.1, 0.15) is 18.8 Å². The third kappa shape index (κ3) is 9.00. The number of hydrogen-bond donors (Lipinski definition) is 1. The first-order valence-electron chi connectivity index (χ1n) is 17.5. The number of methoxy groups -OCH3 is 4. The lowest BCUT2D eigenvalue weighted by atomic mass is 10.0. The summed E-state index contributed by atoms with van der Waals surface area (Å²) in [6, 6.07) is 25.4. The summed E-state index contributed by atoms with van der Waals surface area (Å²) in [5.41, 5.74) is 2.85. The molecule has 0 unspecified atom stereocenters. The highest BCUT2D eigenvalue weighted by molar-refractivity contribution is 5.76. The second kappa shape index (κ2) is 17.4. The fraction of sp³-hybridized carbons (Fsp3) is 0.390. The molecular formula is C41H46O13. The predicted molar refractivity (Wildman–Crippen MR) is 194 cm³/mol. The van der Waals surface area contributed by atoms with Crippen LogP contribution in [0.25, 0.3) is 0 Å². The summed E-state index contributed by atoms with van der Waals surface area (Å²) in [4.78, 5) is 13.0. The Kier molecular flexibility index (Phi) is 12.5. The van der Waals surface area contributed by atoms with Gasteiger partial charge in [-0.1, -0.05) is 48.5 Å². The molecule has 288 valence electrons. The van der Waals surface area contributed by atoms with Crippen LogP contribution in [-0.4, -0.2) is 77.3 Å². The molecular weight excluding hydrogens is 700 g/mol. The molecule has 4 aromatic carbocycles. The fourth-order valence-electron chi connectivity index (χ4n) is 6.16. The zero-order valence-corrected chi connectivity index (χ0v) is 31.1. The second-order valence-electron chi connectivity index (χ2n) is 13.0. The van der Waals surface area contributed by atoms with Crippen molar-refractivity contribution in [3.05, 3.63) is 107 Å². The van der Waals surface area contributed by atoms with E-state index >= 15 is 0 Å². The van der Waals surface area contributed by atoms with Crippen LogP contribution in [0, 0.1) is 0 Å². The summed E-state index contributed by atoms with van der Waals surface area (Å²) in [6.07, 6.45) is -4.68. The van der Waals surface area contributed by atoms with Gasteiger partial charge in [-0.05, 0) is 66.9 Å². The normalized spacial score (nSPS) is 19.3. The van der Waals surface area contributed by atoms with Gasteiger partial charge < -0.3 is 57.2 Å². The van der Waals surface area contributed by atoms with Gasteiger partial charge in [0.25, 0.3) is 0 Å². The number of carbonyl (C=O) groups excluding carboxylic acids is 1. The van der Waals surface area contributed by atoms with Crippen LogP contribution in [0.3, 0.4) is 0 Å². The smallest absolute Gasteiger partial charge is 0.350 e. The lowest BCUT2D eigenvalue weighted by molar-refractivity contribution is -0.302. The molecule has 0 saturated carbocycles. The van der Waals surface area contributed by atoms with E-state index in [1.165, 1.54) is 21.3 Å². The maximum atomic E-state index is 13.0. The molecule has 13 nitrogen and oxygen atoms in total. The van der Waals surface area contributed by atoms with Crippen LogP contribution in [0.15, 0.2) is 84.9 Å². The van der Waals surface area contributed by atoms with E-state index in [-0.39, 0.29) is 12.4 Å². The summed E-state index contributed by atoms with van der Waals surface area (Å²) in [6.45, 7) is 5.20. The highest BCUT2D eigenvalue weighted by Gasteiger charge is 2.40. The summed E-state index contributed by atoms with van der Waals surface area (Å²) >= 11 is 0. The number of hydrogen-bond acceptors (Lipinski definition) is 13. The van der Waals surface area contributed by atoms with Crippen molar-refractivity contribution in [2.24, 2.45) is 0 Å². The molecule has 4 aromatic rings. The Labute approximate surface area is 314 Å². The van der Waals surface area contributed by atoms with Crippen LogP contribution in [0.2, 0.25) is 0 Å². The van der Waals surface area contributed by atoms with Gasteiger partial charge in [0, 0.05) is 5.56 Å². The van der Waals surface area contributed by atoms with Crippen molar-refractivity contribution < 1.29 is 62.0 Å². The highest BCUT2D eigenvalue weighted by atomic mass is 16.7. The van der Waals surface area contributed by atoms with Crippen molar-refractivity contribution >= 4 is 5.97 Å². The van der Waals surface area contributed by atoms with Crippen LogP contribution in [0.5, 0.6) is 34.5 Å². The molecule has 0 radical (unpaired) electrons. The van der Waals surface area contributed by atoms with Crippen LogP contribution in [0.4, 0.5) is 0 Å². The lowest BCUT2D eigenvalue weighted by Crippen LogP contribution is -2.46. The number of rotatable bonds is 15. The number of ether oxygens (including phenoxy) is 11. The zero-order chi connectivity index (χ0) is 38.2. The molecule has 1 N–H and O–H groups in total. The maximum absolute atomic E-state index is 13.0. The Balaban J connectivity index is 1.21. The lowest BCUT2D eigenvalue weighted by Gasteiger charge is -2.41. The van der Waals surface area contributed by atoms with Crippen molar-refractivity contribution in [3.8, 4) is 34.5 Å². The molecule has 0 bridgehead atoms. The maximum Gasteiger partial charge on any atom is 0.350 e. The molecule has 54 heavy (non-hydrogen) atoms. The molecule has 2 aliphatic heterocycles.